The topological polar surface area (TPSA) is 43.4 Å². The summed E-state index contributed by atoms with van der Waals surface area (Å²) in [6.45, 7) is 0.633. The smallest absolute Gasteiger partial charge is 0.545 e. The van der Waals surface area contributed by atoms with Crippen molar-refractivity contribution in [3.8, 4) is 0 Å². The van der Waals surface area contributed by atoms with Gasteiger partial charge in [-0.05, 0) is 20.2 Å². The van der Waals surface area contributed by atoms with E-state index in [0.29, 0.717) is 6.54 Å². The SMILES string of the molecule is CN(C)C/C=C/C(=O)[O-].Cl.[Na+]. The van der Waals surface area contributed by atoms with Crippen molar-refractivity contribution >= 4 is 18.4 Å². The number of aliphatic carboxylic acids is 1. The van der Waals surface area contributed by atoms with Crippen LogP contribution in [0.1, 0.15) is 0 Å². The minimum atomic E-state index is -1.14. The Balaban J connectivity index is -0.000000320. The van der Waals surface area contributed by atoms with Gasteiger partial charge in [-0.1, -0.05) is 6.08 Å². The number of carboxylic acids is 1. The monoisotopic (exact) mass is 187 g/mol. The Morgan fingerprint density at radius 2 is 2.00 bits per heavy atom. The molecule has 0 bridgehead atoms. The molecule has 0 aliphatic rings. The quantitative estimate of drug-likeness (QED) is 0.337. The van der Waals surface area contributed by atoms with Crippen molar-refractivity contribution < 1.29 is 39.5 Å². The van der Waals surface area contributed by atoms with Crippen LogP contribution in [0, 0.1) is 0 Å². The number of carbonyl (C=O) groups is 1. The van der Waals surface area contributed by atoms with Gasteiger partial charge in [0.05, 0.1) is 5.97 Å². The Morgan fingerprint density at radius 1 is 1.55 bits per heavy atom. The van der Waals surface area contributed by atoms with Crippen LogP contribution in [0.2, 0.25) is 0 Å². The zero-order valence-corrected chi connectivity index (χ0v) is 9.85. The molecule has 3 nitrogen and oxygen atoms in total. The van der Waals surface area contributed by atoms with Gasteiger partial charge in [-0.15, -0.1) is 12.4 Å². The summed E-state index contributed by atoms with van der Waals surface area (Å²) < 4.78 is 0. The van der Waals surface area contributed by atoms with E-state index in [1.165, 1.54) is 6.08 Å². The van der Waals surface area contributed by atoms with Gasteiger partial charge in [-0.2, -0.15) is 0 Å². The fraction of sp³-hybridized carbons (Fsp3) is 0.500. The molecule has 0 saturated carbocycles. The maximum atomic E-state index is 9.76. The summed E-state index contributed by atoms with van der Waals surface area (Å²) in [5, 5.41) is 9.76. The van der Waals surface area contributed by atoms with Gasteiger partial charge in [0.15, 0.2) is 0 Å². The first-order valence-corrected chi connectivity index (χ1v) is 2.65. The van der Waals surface area contributed by atoms with Crippen molar-refractivity contribution in [1.82, 2.24) is 4.90 Å². The summed E-state index contributed by atoms with van der Waals surface area (Å²) >= 11 is 0. The van der Waals surface area contributed by atoms with Crippen molar-refractivity contribution in [3.05, 3.63) is 12.2 Å². The van der Waals surface area contributed by atoms with Gasteiger partial charge < -0.3 is 14.8 Å². The molecule has 60 valence electrons. The molecule has 0 unspecified atom stereocenters. The van der Waals surface area contributed by atoms with Gasteiger partial charge in [0, 0.05) is 6.54 Å². The summed E-state index contributed by atoms with van der Waals surface area (Å²) in [6, 6.07) is 0. The average Bonchev–Trinajstić information content (AvgIpc) is 1.63. The third kappa shape index (κ3) is 17.9. The number of hydrogen-bond donors (Lipinski definition) is 0. The molecular formula is C6H11ClNNaO2. The molecule has 0 aliphatic carbocycles. The van der Waals surface area contributed by atoms with E-state index in [0.717, 1.165) is 6.08 Å². The van der Waals surface area contributed by atoms with Crippen LogP contribution < -0.4 is 34.7 Å². The van der Waals surface area contributed by atoms with Crippen molar-refractivity contribution in [3.63, 3.8) is 0 Å². The summed E-state index contributed by atoms with van der Waals surface area (Å²) in [5.41, 5.74) is 0. The summed E-state index contributed by atoms with van der Waals surface area (Å²) in [6.07, 6.45) is 2.56. The molecule has 0 amide bonds. The Hall–Kier alpha value is 0.460. The molecule has 0 atom stereocenters. The fourth-order valence-electron chi connectivity index (χ4n) is 0.360. The predicted octanol–water partition coefficient (Wildman–Crippen LogP) is -3.72. The van der Waals surface area contributed by atoms with E-state index in [2.05, 4.69) is 0 Å². The second kappa shape index (κ2) is 10.5. The van der Waals surface area contributed by atoms with Crippen LogP contribution in [-0.2, 0) is 4.79 Å². The fourth-order valence-corrected chi connectivity index (χ4v) is 0.360. The van der Waals surface area contributed by atoms with Gasteiger partial charge >= 0.3 is 29.6 Å². The number of likely N-dealkylation sites (N-methyl/N-ethyl adjacent to an activating group) is 1. The van der Waals surface area contributed by atoms with Crippen LogP contribution in [0.4, 0.5) is 0 Å². The maximum Gasteiger partial charge on any atom is 1.00 e. The minimum absolute atomic E-state index is 0. The molecule has 0 heterocycles. The largest absolute Gasteiger partial charge is 1.00 e. The number of halogens is 1. The van der Waals surface area contributed by atoms with Gasteiger partial charge in [-0.25, -0.2) is 0 Å². The van der Waals surface area contributed by atoms with Crippen molar-refractivity contribution in [2.24, 2.45) is 0 Å². The Kier molecular flexibility index (Phi) is 16.7. The molecule has 0 saturated heterocycles. The molecular weight excluding hydrogens is 177 g/mol. The van der Waals surface area contributed by atoms with Crippen LogP contribution in [0.3, 0.4) is 0 Å². The number of rotatable bonds is 3. The Bertz CT molecular complexity index is 128. The molecule has 0 fully saturated rings. The van der Waals surface area contributed by atoms with E-state index < -0.39 is 5.97 Å². The summed E-state index contributed by atoms with van der Waals surface area (Å²) in [7, 11) is 3.72. The molecule has 0 radical (unpaired) electrons. The molecule has 0 N–H and O–H groups in total. The van der Waals surface area contributed by atoms with E-state index in [4.69, 9.17) is 0 Å². The first-order chi connectivity index (χ1) is 4.13. The van der Waals surface area contributed by atoms with Crippen LogP contribution in [0.15, 0.2) is 12.2 Å². The van der Waals surface area contributed by atoms with Crippen LogP contribution >= 0.6 is 12.4 Å². The number of nitrogens with zero attached hydrogens (tertiary/aromatic N) is 1. The molecule has 0 aromatic rings. The van der Waals surface area contributed by atoms with E-state index >= 15 is 0 Å². The second-order valence-electron chi connectivity index (χ2n) is 1.98. The first kappa shape index (κ1) is 17.5. The van der Waals surface area contributed by atoms with E-state index in [1.807, 2.05) is 19.0 Å². The molecule has 0 aliphatic heterocycles. The molecule has 0 spiro atoms. The molecule has 11 heavy (non-hydrogen) atoms. The number of carbonyl (C=O) groups excluding carboxylic acids is 1. The van der Waals surface area contributed by atoms with E-state index in [9.17, 15) is 9.90 Å². The van der Waals surface area contributed by atoms with Gasteiger partial charge in [0.1, 0.15) is 0 Å². The zero-order valence-electron chi connectivity index (χ0n) is 7.03. The number of hydrogen-bond acceptors (Lipinski definition) is 3. The standard InChI is InChI=1S/C6H11NO2.ClH.Na/c1-7(2)5-3-4-6(8)9;;/h3-4H,5H2,1-2H3,(H,8,9);1H;/q;;+1/p-1/b4-3+;;. The molecule has 0 aromatic heterocycles. The average molecular weight is 188 g/mol. The van der Waals surface area contributed by atoms with Crippen LogP contribution in [0.25, 0.3) is 0 Å². The van der Waals surface area contributed by atoms with Crippen molar-refractivity contribution in [2.75, 3.05) is 20.6 Å². The van der Waals surface area contributed by atoms with Gasteiger partial charge in [0.2, 0.25) is 0 Å². The van der Waals surface area contributed by atoms with E-state index in [-0.39, 0.29) is 42.0 Å². The maximum absolute atomic E-state index is 9.76. The Labute approximate surface area is 95.2 Å². The third-order valence-electron chi connectivity index (χ3n) is 0.724. The van der Waals surface area contributed by atoms with Crippen LogP contribution in [0.5, 0.6) is 0 Å². The second-order valence-corrected chi connectivity index (χ2v) is 1.98. The van der Waals surface area contributed by atoms with Crippen LogP contribution in [-0.4, -0.2) is 31.5 Å². The van der Waals surface area contributed by atoms with Crippen molar-refractivity contribution in [2.45, 2.75) is 0 Å². The molecule has 0 aromatic carbocycles. The van der Waals surface area contributed by atoms with Crippen molar-refractivity contribution in [1.29, 1.82) is 0 Å². The first-order valence-electron chi connectivity index (χ1n) is 2.65. The normalized spacial score (nSPS) is 9.00. The predicted molar refractivity (Wildman–Crippen MR) is 39.9 cm³/mol. The number of carboxylic acid groups (broad SMARTS) is 1. The zero-order chi connectivity index (χ0) is 7.28. The molecule has 5 heteroatoms. The van der Waals surface area contributed by atoms with Gasteiger partial charge in [-0.3, -0.25) is 0 Å². The third-order valence-corrected chi connectivity index (χ3v) is 0.724. The van der Waals surface area contributed by atoms with Gasteiger partial charge in [0.25, 0.3) is 0 Å². The molecule has 0 rings (SSSR count). The summed E-state index contributed by atoms with van der Waals surface area (Å²) in [5.74, 6) is -1.14. The summed E-state index contributed by atoms with van der Waals surface area (Å²) in [4.78, 5) is 11.6. The Morgan fingerprint density at radius 3 is 2.27 bits per heavy atom. The van der Waals surface area contributed by atoms with E-state index in [1.54, 1.807) is 0 Å². The minimum Gasteiger partial charge on any atom is -0.545 e.